The molecular weight excluding hydrogens is 586 g/mol. The molecule has 5 amide bonds. The van der Waals surface area contributed by atoms with Crippen LogP contribution in [0.3, 0.4) is 0 Å². The molecule has 2 aliphatic heterocycles. The molecule has 0 radical (unpaired) electrons. The van der Waals surface area contributed by atoms with Crippen LogP contribution in [0.2, 0.25) is 0 Å². The number of carbonyl (C=O) groups excluding carboxylic acids is 5. The summed E-state index contributed by atoms with van der Waals surface area (Å²) in [5.74, 6) is -4.31. The normalized spacial score (nSPS) is 20.4. The summed E-state index contributed by atoms with van der Waals surface area (Å²) < 4.78 is 11.0. The van der Waals surface area contributed by atoms with Crippen molar-refractivity contribution in [1.82, 2.24) is 25.8 Å². The minimum absolute atomic E-state index is 0.0959. The fourth-order valence-corrected chi connectivity index (χ4v) is 5.32. The molecule has 2 rings (SSSR count). The monoisotopic (exact) mass is 637 g/mol. The molecule has 14 nitrogen and oxygen atoms in total. The van der Waals surface area contributed by atoms with Crippen molar-refractivity contribution in [3.8, 4) is 0 Å². The second kappa shape index (κ2) is 16.6. The third kappa shape index (κ3) is 10.7. The first kappa shape index (κ1) is 37.5. The smallest absolute Gasteiger partial charge is 0.410 e. The van der Waals surface area contributed by atoms with Crippen LogP contribution in [0.4, 0.5) is 4.79 Å². The van der Waals surface area contributed by atoms with E-state index < -0.39 is 77.4 Å². The number of rotatable bonds is 14. The first-order chi connectivity index (χ1) is 21.0. The van der Waals surface area contributed by atoms with Crippen molar-refractivity contribution >= 4 is 35.7 Å². The molecule has 0 saturated carbocycles. The zero-order chi connectivity index (χ0) is 34.1. The van der Waals surface area contributed by atoms with Gasteiger partial charge >= 0.3 is 12.1 Å². The number of carboxylic acid groups (broad SMARTS) is 1. The zero-order valence-electron chi connectivity index (χ0n) is 27.6. The molecule has 0 spiro atoms. The van der Waals surface area contributed by atoms with Gasteiger partial charge in [0.25, 0.3) is 0 Å². The quantitative estimate of drug-likeness (QED) is 0.162. The Morgan fingerprint density at radius 3 is 1.96 bits per heavy atom. The highest BCUT2D eigenvalue weighted by atomic mass is 16.6. The summed E-state index contributed by atoms with van der Waals surface area (Å²) >= 11 is 0. The van der Waals surface area contributed by atoms with Crippen molar-refractivity contribution in [2.45, 2.75) is 110 Å². The van der Waals surface area contributed by atoms with Crippen molar-refractivity contribution < 1.29 is 43.3 Å². The summed E-state index contributed by atoms with van der Waals surface area (Å²) in [5, 5.41) is 17.3. The summed E-state index contributed by atoms with van der Waals surface area (Å²) in [4.78, 5) is 81.0. The Bertz CT molecular complexity index is 1100. The predicted molar refractivity (Wildman–Crippen MR) is 165 cm³/mol. The Morgan fingerprint density at radius 2 is 1.42 bits per heavy atom. The minimum Gasteiger partial charge on any atom is -0.480 e. The Labute approximate surface area is 265 Å². The number of ether oxygens (including phenoxy) is 2. The number of amides is 5. The van der Waals surface area contributed by atoms with Crippen molar-refractivity contribution in [2.24, 2.45) is 11.8 Å². The first-order valence-electron chi connectivity index (χ1n) is 15.6. The average molecular weight is 638 g/mol. The molecule has 2 heterocycles. The summed E-state index contributed by atoms with van der Waals surface area (Å²) in [6.07, 6.45) is 2.89. The van der Waals surface area contributed by atoms with Gasteiger partial charge in [0.1, 0.15) is 35.8 Å². The highest BCUT2D eigenvalue weighted by Gasteiger charge is 2.44. The van der Waals surface area contributed by atoms with Gasteiger partial charge in [-0.2, -0.15) is 0 Å². The summed E-state index contributed by atoms with van der Waals surface area (Å²) in [6.45, 7) is 16.1. The van der Waals surface area contributed by atoms with Crippen molar-refractivity contribution in [3.05, 3.63) is 12.7 Å². The number of aliphatic carboxylic acids is 1. The molecular formula is C31H51N5O9. The molecule has 0 unspecified atom stereocenters. The number of carboxylic acids is 1. The standard InChI is InChI=1S/C31H51N5O9/c1-9-16-44-17-20(25(37)33-23(18(2)3)27(39)34-24(19(4)5)29(41)42)32-26(38)21-12-10-14-35(21)28(40)22-13-11-15-36(22)30(43)45-31(6,7)8/h9,18-24H,1,10-17H2,2-8H3,(H,32,38)(H,33,37)(H,34,39)(H,41,42)/t20-,21-,22-,23-,24-/m0/s1. The van der Waals surface area contributed by atoms with Crippen LogP contribution in [0, 0.1) is 11.8 Å². The van der Waals surface area contributed by atoms with Crippen molar-refractivity contribution in [1.29, 1.82) is 0 Å². The lowest BCUT2D eigenvalue weighted by atomic mass is 10.00. The van der Waals surface area contributed by atoms with Gasteiger partial charge in [0.2, 0.25) is 23.6 Å². The number of nitrogens with one attached hydrogen (secondary N) is 3. The third-order valence-corrected chi connectivity index (χ3v) is 7.63. The molecule has 2 fully saturated rings. The lowest BCUT2D eigenvalue weighted by molar-refractivity contribution is -0.144. The van der Waals surface area contributed by atoms with Gasteiger partial charge in [0.05, 0.1) is 13.2 Å². The van der Waals surface area contributed by atoms with Crippen LogP contribution in [-0.2, 0) is 33.4 Å². The largest absolute Gasteiger partial charge is 0.480 e. The Balaban J connectivity index is 2.19. The molecule has 0 aliphatic carbocycles. The molecule has 0 aromatic carbocycles. The van der Waals surface area contributed by atoms with E-state index in [1.165, 1.54) is 15.9 Å². The van der Waals surface area contributed by atoms with E-state index in [-0.39, 0.29) is 19.1 Å². The number of nitrogens with zero attached hydrogens (tertiary/aromatic N) is 2. The van der Waals surface area contributed by atoms with Gasteiger partial charge in [-0.1, -0.05) is 33.8 Å². The van der Waals surface area contributed by atoms with Gasteiger partial charge in [-0.05, 0) is 58.3 Å². The van der Waals surface area contributed by atoms with Gasteiger partial charge in [0.15, 0.2) is 0 Å². The second-order valence-electron chi connectivity index (χ2n) is 13.2. The number of carbonyl (C=O) groups is 6. The van der Waals surface area contributed by atoms with Crippen LogP contribution < -0.4 is 16.0 Å². The molecule has 0 aromatic heterocycles. The van der Waals surface area contributed by atoms with Gasteiger partial charge in [-0.3, -0.25) is 24.1 Å². The van der Waals surface area contributed by atoms with E-state index >= 15 is 0 Å². The molecule has 14 heteroatoms. The second-order valence-corrected chi connectivity index (χ2v) is 13.2. The van der Waals surface area contributed by atoms with E-state index in [4.69, 9.17) is 9.47 Å². The van der Waals surface area contributed by atoms with Crippen LogP contribution >= 0.6 is 0 Å². The van der Waals surface area contributed by atoms with Crippen molar-refractivity contribution in [2.75, 3.05) is 26.3 Å². The summed E-state index contributed by atoms with van der Waals surface area (Å²) in [6, 6.07) is -5.11. The molecule has 4 N–H and O–H groups in total. The van der Waals surface area contributed by atoms with Crippen LogP contribution in [0.1, 0.15) is 74.1 Å². The van der Waals surface area contributed by atoms with Crippen LogP contribution in [0.15, 0.2) is 12.7 Å². The Kier molecular flexibility index (Phi) is 13.8. The minimum atomic E-state index is -1.23. The maximum atomic E-state index is 13.6. The van der Waals surface area contributed by atoms with Crippen LogP contribution in [0.25, 0.3) is 0 Å². The van der Waals surface area contributed by atoms with E-state index in [2.05, 4.69) is 22.5 Å². The van der Waals surface area contributed by atoms with Crippen molar-refractivity contribution in [3.63, 3.8) is 0 Å². The molecule has 2 saturated heterocycles. The lowest BCUT2D eigenvalue weighted by Gasteiger charge is -2.32. The lowest BCUT2D eigenvalue weighted by Crippen LogP contribution is -2.60. The number of hydrogen-bond acceptors (Lipinski definition) is 8. The number of hydrogen-bond donors (Lipinski definition) is 4. The van der Waals surface area contributed by atoms with E-state index in [0.29, 0.717) is 38.8 Å². The van der Waals surface area contributed by atoms with E-state index in [0.717, 1.165) is 0 Å². The van der Waals surface area contributed by atoms with E-state index in [1.807, 2.05) is 0 Å². The highest BCUT2D eigenvalue weighted by molar-refractivity contribution is 5.96. The zero-order valence-corrected chi connectivity index (χ0v) is 27.6. The van der Waals surface area contributed by atoms with Gasteiger partial charge in [0, 0.05) is 13.1 Å². The fraction of sp³-hybridized carbons (Fsp3) is 0.742. The van der Waals surface area contributed by atoms with Gasteiger partial charge < -0.3 is 35.4 Å². The fourth-order valence-electron chi connectivity index (χ4n) is 5.32. The summed E-state index contributed by atoms with van der Waals surface area (Å²) in [7, 11) is 0. The van der Waals surface area contributed by atoms with Gasteiger partial charge in [-0.15, -0.1) is 6.58 Å². The van der Waals surface area contributed by atoms with E-state index in [1.54, 1.807) is 48.5 Å². The van der Waals surface area contributed by atoms with Gasteiger partial charge in [-0.25, -0.2) is 9.59 Å². The van der Waals surface area contributed by atoms with Crippen LogP contribution in [-0.4, -0.2) is 113 Å². The molecule has 254 valence electrons. The van der Waals surface area contributed by atoms with E-state index in [9.17, 15) is 33.9 Å². The molecule has 2 aliphatic rings. The summed E-state index contributed by atoms with van der Waals surface area (Å²) in [5.41, 5.74) is -0.728. The third-order valence-electron chi connectivity index (χ3n) is 7.63. The SMILES string of the molecule is C=CCOC[C@H](NC(=O)[C@@H]1CCCN1C(=O)[C@@H]1CCCN1C(=O)OC(C)(C)C)C(=O)N[C@H](C(=O)N[C@H](C(=O)O)C(C)C)C(C)C. The maximum absolute atomic E-state index is 13.6. The van der Waals surface area contributed by atoms with Crippen LogP contribution in [0.5, 0.6) is 0 Å². The Hall–Kier alpha value is -3.68. The topological polar surface area (TPSA) is 184 Å². The molecule has 0 aromatic rings. The molecule has 0 bridgehead atoms. The Morgan fingerprint density at radius 1 is 0.867 bits per heavy atom. The highest BCUT2D eigenvalue weighted by Crippen LogP contribution is 2.26. The predicted octanol–water partition coefficient (Wildman–Crippen LogP) is 1.43. The molecule has 5 atom stereocenters. The average Bonchev–Trinajstić information content (AvgIpc) is 3.62. The number of likely N-dealkylation sites (tertiary alicyclic amines) is 2. The maximum Gasteiger partial charge on any atom is 0.410 e. The first-order valence-corrected chi connectivity index (χ1v) is 15.6. The molecule has 45 heavy (non-hydrogen) atoms.